The average molecular weight is 608 g/mol. The molecule has 0 saturated carbocycles. The number of piperidine rings is 1. The van der Waals surface area contributed by atoms with Crippen LogP contribution in [-0.4, -0.2) is 62.7 Å². The molecule has 0 unspecified atom stereocenters. The number of hydrogen-bond acceptors (Lipinski definition) is 8. The number of halogens is 4. The van der Waals surface area contributed by atoms with E-state index >= 15 is 0 Å². The number of benzene rings is 1. The number of aliphatic carboxylic acids is 1. The highest BCUT2D eigenvalue weighted by Crippen LogP contribution is 2.42. The lowest BCUT2D eigenvalue weighted by Gasteiger charge is -2.39. The van der Waals surface area contributed by atoms with Crippen molar-refractivity contribution in [3.05, 3.63) is 52.3 Å². The van der Waals surface area contributed by atoms with Gasteiger partial charge in [0.25, 0.3) is 0 Å². The summed E-state index contributed by atoms with van der Waals surface area (Å²) in [4.78, 5) is 21.4. The number of aromatic nitrogens is 4. The van der Waals surface area contributed by atoms with Crippen LogP contribution in [0.1, 0.15) is 36.6 Å². The monoisotopic (exact) mass is 607 g/mol. The van der Waals surface area contributed by atoms with Gasteiger partial charge in [-0.25, -0.2) is 0 Å². The van der Waals surface area contributed by atoms with Crippen molar-refractivity contribution < 1.29 is 27.8 Å². The SMILES string of the molecule is Cc1c#cn(-c2cc(Br)ccc2[C@@H](Oc2cc(N3CCC4(CC3)CN[C@H](C(=O)O)C4)nc(N)n2)C(F)(F)F)n1. The number of carbonyl (C=O) groups is 1. The second-order valence-electron chi connectivity index (χ2n) is 9.86. The Hall–Kier alpha value is -3.57. The predicted molar refractivity (Wildman–Crippen MR) is 137 cm³/mol. The van der Waals surface area contributed by atoms with Crippen LogP contribution in [-0.2, 0) is 4.79 Å². The second kappa shape index (κ2) is 10.2. The summed E-state index contributed by atoms with van der Waals surface area (Å²) >= 11 is 3.30. The lowest BCUT2D eigenvalue weighted by molar-refractivity contribution is -0.198. The third-order valence-electron chi connectivity index (χ3n) is 7.14. The third kappa shape index (κ3) is 5.74. The first-order valence-corrected chi connectivity index (χ1v) is 13.0. The Balaban J connectivity index is 1.40. The summed E-state index contributed by atoms with van der Waals surface area (Å²) in [5.41, 5.74) is 6.13. The van der Waals surface area contributed by atoms with E-state index in [0.29, 0.717) is 54.9 Å². The van der Waals surface area contributed by atoms with Crippen LogP contribution in [0.3, 0.4) is 0 Å². The maximum Gasteiger partial charge on any atom is 0.429 e. The minimum absolute atomic E-state index is 0.115. The van der Waals surface area contributed by atoms with Crippen molar-refractivity contribution in [2.75, 3.05) is 30.3 Å². The van der Waals surface area contributed by atoms with Crippen molar-refractivity contribution in [3.63, 3.8) is 0 Å². The fourth-order valence-electron chi connectivity index (χ4n) is 5.13. The fourth-order valence-corrected chi connectivity index (χ4v) is 5.48. The molecule has 39 heavy (non-hydrogen) atoms. The highest BCUT2D eigenvalue weighted by molar-refractivity contribution is 9.10. The van der Waals surface area contributed by atoms with E-state index in [1.54, 1.807) is 6.92 Å². The van der Waals surface area contributed by atoms with Crippen LogP contribution < -0.4 is 20.7 Å². The van der Waals surface area contributed by atoms with Gasteiger partial charge in [0.1, 0.15) is 17.6 Å². The van der Waals surface area contributed by atoms with Gasteiger partial charge in [-0.15, -0.1) is 0 Å². The number of hydrogen-bond donors (Lipinski definition) is 3. The molecule has 2 aliphatic heterocycles. The fraction of sp³-hybridized carbons (Fsp3) is 0.440. The predicted octanol–water partition coefficient (Wildman–Crippen LogP) is 3.63. The van der Waals surface area contributed by atoms with E-state index in [-0.39, 0.29) is 28.5 Å². The molecule has 206 valence electrons. The molecule has 2 fully saturated rings. The number of aryl methyl sites for hydroxylation is 1. The Morgan fingerprint density at radius 1 is 1.31 bits per heavy atom. The van der Waals surface area contributed by atoms with E-state index in [2.05, 4.69) is 48.6 Å². The molecule has 0 amide bonds. The first-order chi connectivity index (χ1) is 18.4. The molecule has 3 aromatic rings. The van der Waals surface area contributed by atoms with E-state index < -0.39 is 24.3 Å². The van der Waals surface area contributed by atoms with E-state index in [0.717, 1.165) is 0 Å². The van der Waals surface area contributed by atoms with Crippen molar-refractivity contribution in [2.24, 2.45) is 5.41 Å². The van der Waals surface area contributed by atoms with Crippen LogP contribution in [0.2, 0.25) is 0 Å². The summed E-state index contributed by atoms with van der Waals surface area (Å²) in [6.07, 6.45) is -2.56. The van der Waals surface area contributed by atoms with Gasteiger partial charge < -0.3 is 25.8 Å². The van der Waals surface area contributed by atoms with Gasteiger partial charge in [0.2, 0.25) is 17.9 Å². The van der Waals surface area contributed by atoms with Crippen LogP contribution in [0.15, 0.2) is 28.7 Å². The molecular formula is C25H25BrF3N7O3. The molecule has 4 N–H and O–H groups in total. The smallest absolute Gasteiger partial charge is 0.429 e. The van der Waals surface area contributed by atoms with Gasteiger partial charge in [-0.1, -0.05) is 22.0 Å². The summed E-state index contributed by atoms with van der Waals surface area (Å²) < 4.78 is 50.4. The molecule has 1 aromatic carbocycles. The van der Waals surface area contributed by atoms with Crippen LogP contribution >= 0.6 is 15.9 Å². The molecule has 2 aliphatic rings. The average Bonchev–Trinajstić information content (AvgIpc) is 3.49. The Bertz CT molecular complexity index is 1380. The summed E-state index contributed by atoms with van der Waals surface area (Å²) in [6, 6.07) is 7.78. The molecular weight excluding hydrogens is 583 g/mol. The number of nitrogens with two attached hydrogens (primary N) is 1. The third-order valence-corrected chi connectivity index (χ3v) is 7.64. The van der Waals surface area contributed by atoms with Crippen molar-refractivity contribution in [3.8, 4) is 11.6 Å². The van der Waals surface area contributed by atoms with E-state index in [1.165, 1.54) is 28.9 Å². The molecule has 14 heteroatoms. The van der Waals surface area contributed by atoms with Gasteiger partial charge >= 0.3 is 12.1 Å². The van der Waals surface area contributed by atoms with Crippen LogP contribution in [0.4, 0.5) is 24.9 Å². The molecule has 10 nitrogen and oxygen atoms in total. The van der Waals surface area contributed by atoms with Gasteiger partial charge in [-0.2, -0.15) is 32.9 Å². The Labute approximate surface area is 230 Å². The molecule has 2 aromatic heterocycles. The number of alkyl halides is 3. The summed E-state index contributed by atoms with van der Waals surface area (Å²) in [7, 11) is 0. The molecule has 0 aliphatic carbocycles. The Kier molecular flexibility index (Phi) is 7.06. The number of nitrogens with one attached hydrogen (secondary N) is 1. The summed E-state index contributed by atoms with van der Waals surface area (Å²) in [5.74, 6) is -1.07. The lowest BCUT2D eigenvalue weighted by Crippen LogP contribution is -2.41. The minimum Gasteiger partial charge on any atom is -0.480 e. The maximum absolute atomic E-state index is 14.4. The van der Waals surface area contributed by atoms with Gasteiger partial charge in [0.15, 0.2) is 0 Å². The van der Waals surface area contributed by atoms with Crippen molar-refractivity contribution in [1.82, 2.24) is 25.1 Å². The van der Waals surface area contributed by atoms with Crippen LogP contribution in [0.25, 0.3) is 5.69 Å². The standard InChI is InChI=1S/C25H25BrF3N7O3/c1-14-4-7-36(34-14)18-10-15(26)2-3-16(18)21(25(27,28)29)39-20-11-19(32-23(30)33-20)35-8-5-24(6-9-35)12-17(22(37)38)31-13-24/h2-3,10-11,17,21,31H,5-6,8-9,12-13H2,1H3,(H,37,38)(H2,30,32,33)/t17-,21+/m0/s1. The first-order valence-electron chi connectivity index (χ1n) is 12.2. The van der Waals surface area contributed by atoms with Gasteiger partial charge in [-0.05, 0) is 49.8 Å². The topological polar surface area (TPSA) is 131 Å². The summed E-state index contributed by atoms with van der Waals surface area (Å²) in [6.45, 7) is 3.33. The van der Waals surface area contributed by atoms with Gasteiger partial charge in [0, 0.05) is 41.9 Å². The van der Waals surface area contributed by atoms with Crippen molar-refractivity contribution in [2.45, 2.75) is 44.5 Å². The Morgan fingerprint density at radius 2 is 2.05 bits per heavy atom. The van der Waals surface area contributed by atoms with E-state index in [4.69, 9.17) is 10.5 Å². The molecule has 4 heterocycles. The van der Waals surface area contributed by atoms with E-state index in [1.807, 2.05) is 4.90 Å². The molecule has 0 radical (unpaired) electrons. The largest absolute Gasteiger partial charge is 0.480 e. The quantitative estimate of drug-likeness (QED) is 0.384. The number of anilines is 2. The number of rotatable bonds is 6. The summed E-state index contributed by atoms with van der Waals surface area (Å²) in [5, 5.41) is 16.5. The van der Waals surface area contributed by atoms with Crippen molar-refractivity contribution >= 4 is 33.7 Å². The van der Waals surface area contributed by atoms with Crippen LogP contribution in [0, 0.1) is 24.6 Å². The number of nitrogen functional groups attached to an aromatic ring is 1. The number of ether oxygens (including phenoxy) is 1. The number of carboxylic acid groups (broad SMARTS) is 1. The molecule has 5 rings (SSSR count). The first kappa shape index (κ1) is 27.0. The minimum atomic E-state index is -4.80. The van der Waals surface area contributed by atoms with Gasteiger partial charge in [0.05, 0.1) is 5.69 Å². The maximum atomic E-state index is 14.4. The van der Waals surface area contributed by atoms with Crippen molar-refractivity contribution in [1.29, 1.82) is 0 Å². The van der Waals surface area contributed by atoms with Gasteiger partial charge in [-0.3, -0.25) is 4.79 Å². The van der Waals surface area contributed by atoms with E-state index in [9.17, 15) is 23.1 Å². The zero-order chi connectivity index (χ0) is 27.9. The molecule has 2 saturated heterocycles. The zero-order valence-electron chi connectivity index (χ0n) is 20.8. The second-order valence-corrected chi connectivity index (χ2v) is 10.8. The normalized spacial score (nSPS) is 19.6. The highest BCUT2D eigenvalue weighted by Gasteiger charge is 2.46. The lowest BCUT2D eigenvalue weighted by atomic mass is 9.76. The zero-order valence-corrected chi connectivity index (χ0v) is 22.4. The number of nitrogens with zero attached hydrogens (tertiary/aromatic N) is 5. The highest BCUT2D eigenvalue weighted by atomic mass is 79.9. The molecule has 2 atom stereocenters. The molecule has 1 spiro atoms. The number of carboxylic acids is 1. The van der Waals surface area contributed by atoms with Crippen LogP contribution in [0.5, 0.6) is 5.88 Å². The molecule has 0 bridgehead atoms. The Morgan fingerprint density at radius 3 is 2.67 bits per heavy atom.